The van der Waals surface area contributed by atoms with Crippen molar-refractivity contribution in [3.63, 3.8) is 0 Å². The third kappa shape index (κ3) is 1.79. The molecule has 0 aliphatic heterocycles. The van der Waals surface area contributed by atoms with Crippen LogP contribution in [0.15, 0.2) is 23.3 Å². The molecule has 0 bridgehead atoms. The fourth-order valence-corrected chi connectivity index (χ4v) is 1.46. The average Bonchev–Trinajstić information content (AvgIpc) is 2.71. The van der Waals surface area contributed by atoms with Gasteiger partial charge >= 0.3 is 7.12 Å². The largest absolute Gasteiger partial charge is 0.491 e. The molecule has 0 unspecified atom stereocenters. The first kappa shape index (κ1) is 9.26. The molecular formula is C7H6BN3O2S. The van der Waals surface area contributed by atoms with Crippen molar-refractivity contribution < 1.29 is 10.0 Å². The topological polar surface area (TPSA) is 79.1 Å². The highest BCUT2D eigenvalue weighted by atomic mass is 32.1. The number of rotatable bonds is 2. The lowest BCUT2D eigenvalue weighted by atomic mass is 9.83. The Balaban J connectivity index is 2.31. The molecule has 2 rings (SSSR count). The second-order valence-electron chi connectivity index (χ2n) is 2.59. The molecule has 0 aliphatic rings. The predicted octanol–water partition coefficient (Wildman–Crippen LogP) is -0.720. The highest BCUT2D eigenvalue weighted by Crippen LogP contribution is 2.12. The van der Waals surface area contributed by atoms with Gasteiger partial charge < -0.3 is 10.0 Å². The van der Waals surface area contributed by atoms with Gasteiger partial charge in [-0.05, 0) is 0 Å². The van der Waals surface area contributed by atoms with Crippen LogP contribution in [0.25, 0.3) is 11.5 Å². The van der Waals surface area contributed by atoms with Crippen LogP contribution in [0.5, 0.6) is 0 Å². The van der Waals surface area contributed by atoms with E-state index in [1.54, 1.807) is 5.51 Å². The van der Waals surface area contributed by atoms with Crippen LogP contribution in [0.1, 0.15) is 0 Å². The van der Waals surface area contributed by atoms with Crippen LogP contribution < -0.4 is 5.46 Å². The molecule has 2 heterocycles. The van der Waals surface area contributed by atoms with E-state index in [4.69, 9.17) is 10.0 Å². The van der Waals surface area contributed by atoms with Gasteiger partial charge in [-0.3, -0.25) is 0 Å². The van der Waals surface area contributed by atoms with Crippen LogP contribution in [-0.2, 0) is 0 Å². The van der Waals surface area contributed by atoms with E-state index in [0.717, 1.165) is 0 Å². The monoisotopic (exact) mass is 207 g/mol. The van der Waals surface area contributed by atoms with Crippen molar-refractivity contribution >= 4 is 23.9 Å². The van der Waals surface area contributed by atoms with Gasteiger partial charge in [-0.15, -0.1) is 11.3 Å². The molecule has 0 radical (unpaired) electrons. The third-order valence-corrected chi connectivity index (χ3v) is 2.22. The fraction of sp³-hybridized carbons (Fsp3) is 0. The van der Waals surface area contributed by atoms with Crippen molar-refractivity contribution in [2.24, 2.45) is 0 Å². The molecule has 0 saturated carbocycles. The van der Waals surface area contributed by atoms with Crippen molar-refractivity contribution in [1.82, 2.24) is 15.0 Å². The summed E-state index contributed by atoms with van der Waals surface area (Å²) in [5.74, 6) is 0.482. The molecule has 7 heteroatoms. The molecule has 2 N–H and O–H groups in total. The minimum atomic E-state index is -1.53. The number of hydrogen-bond acceptors (Lipinski definition) is 6. The fourth-order valence-electron chi connectivity index (χ4n) is 0.927. The Morgan fingerprint density at radius 2 is 1.86 bits per heavy atom. The van der Waals surface area contributed by atoms with Gasteiger partial charge in [0.1, 0.15) is 5.69 Å². The second kappa shape index (κ2) is 3.83. The van der Waals surface area contributed by atoms with Crippen LogP contribution in [-0.4, -0.2) is 32.1 Å². The maximum Gasteiger partial charge on any atom is 0.491 e. The third-order valence-electron chi connectivity index (χ3n) is 1.63. The van der Waals surface area contributed by atoms with E-state index in [0.29, 0.717) is 11.5 Å². The van der Waals surface area contributed by atoms with Gasteiger partial charge in [0.15, 0.2) is 5.82 Å². The lowest BCUT2D eigenvalue weighted by molar-refractivity contribution is 0.425. The number of thiazole rings is 1. The highest BCUT2D eigenvalue weighted by molar-refractivity contribution is 7.07. The quantitative estimate of drug-likeness (QED) is 0.635. The molecular weight excluding hydrogens is 201 g/mol. The Morgan fingerprint density at radius 1 is 1.14 bits per heavy atom. The van der Waals surface area contributed by atoms with E-state index < -0.39 is 7.12 Å². The van der Waals surface area contributed by atoms with E-state index >= 15 is 0 Å². The SMILES string of the molecule is OB(O)c1cnc(-c2cscn2)nc1. The summed E-state index contributed by atoms with van der Waals surface area (Å²) in [7, 11) is -1.53. The van der Waals surface area contributed by atoms with Gasteiger partial charge in [0.2, 0.25) is 0 Å². The maximum absolute atomic E-state index is 8.81. The number of nitrogens with zero attached hydrogens (tertiary/aromatic N) is 3. The molecule has 0 aliphatic carbocycles. The molecule has 70 valence electrons. The van der Waals surface area contributed by atoms with Crippen LogP contribution in [0.3, 0.4) is 0 Å². The van der Waals surface area contributed by atoms with Crippen molar-refractivity contribution in [2.75, 3.05) is 0 Å². The summed E-state index contributed by atoms with van der Waals surface area (Å²) in [5, 5.41) is 19.4. The van der Waals surface area contributed by atoms with Crippen LogP contribution in [0, 0.1) is 0 Å². The molecule has 2 aromatic rings. The van der Waals surface area contributed by atoms with Gasteiger partial charge in [-0.25, -0.2) is 15.0 Å². The highest BCUT2D eigenvalue weighted by Gasteiger charge is 2.12. The van der Waals surface area contributed by atoms with E-state index in [9.17, 15) is 0 Å². The summed E-state index contributed by atoms with van der Waals surface area (Å²) >= 11 is 1.46. The molecule has 0 saturated heterocycles. The maximum atomic E-state index is 8.81. The standard InChI is InChI=1S/C7H6BN3O2S/c12-8(13)5-1-9-7(10-2-5)6-3-14-4-11-6/h1-4,12-13H. The van der Waals surface area contributed by atoms with Crippen molar-refractivity contribution in [1.29, 1.82) is 0 Å². The van der Waals surface area contributed by atoms with Crippen molar-refractivity contribution in [2.45, 2.75) is 0 Å². The first-order valence-electron chi connectivity index (χ1n) is 3.84. The summed E-state index contributed by atoms with van der Waals surface area (Å²) in [4.78, 5) is 11.9. The van der Waals surface area contributed by atoms with Crippen LogP contribution in [0.4, 0.5) is 0 Å². The van der Waals surface area contributed by atoms with Gasteiger partial charge in [0.25, 0.3) is 0 Å². The zero-order valence-electron chi connectivity index (χ0n) is 7.03. The summed E-state index contributed by atoms with van der Waals surface area (Å²) in [6, 6.07) is 0. The predicted molar refractivity (Wildman–Crippen MR) is 53.0 cm³/mol. The zero-order valence-corrected chi connectivity index (χ0v) is 7.85. The summed E-state index contributed by atoms with van der Waals surface area (Å²) < 4.78 is 0. The molecule has 0 aromatic carbocycles. The Morgan fingerprint density at radius 3 is 2.36 bits per heavy atom. The minimum Gasteiger partial charge on any atom is -0.423 e. The zero-order chi connectivity index (χ0) is 9.97. The molecule has 14 heavy (non-hydrogen) atoms. The first-order chi connectivity index (χ1) is 6.77. The van der Waals surface area contributed by atoms with Crippen LogP contribution in [0.2, 0.25) is 0 Å². The molecule has 2 aromatic heterocycles. The molecule has 0 spiro atoms. The summed E-state index contributed by atoms with van der Waals surface area (Å²) in [6.07, 6.45) is 2.73. The lowest BCUT2D eigenvalue weighted by Gasteiger charge is -1.98. The number of hydrogen-bond donors (Lipinski definition) is 2. The van der Waals surface area contributed by atoms with E-state index in [-0.39, 0.29) is 5.46 Å². The Kier molecular flexibility index (Phi) is 2.53. The van der Waals surface area contributed by atoms with Crippen LogP contribution >= 0.6 is 11.3 Å². The van der Waals surface area contributed by atoms with Gasteiger partial charge in [0, 0.05) is 23.2 Å². The Hall–Kier alpha value is -1.31. The summed E-state index contributed by atoms with van der Waals surface area (Å²) in [5.41, 5.74) is 2.64. The Bertz CT molecular complexity index is 403. The van der Waals surface area contributed by atoms with E-state index in [2.05, 4.69) is 15.0 Å². The lowest BCUT2D eigenvalue weighted by Crippen LogP contribution is -2.30. The molecule has 5 nitrogen and oxygen atoms in total. The first-order valence-corrected chi connectivity index (χ1v) is 4.78. The van der Waals surface area contributed by atoms with E-state index in [1.807, 2.05) is 5.38 Å². The van der Waals surface area contributed by atoms with Crippen molar-refractivity contribution in [3.05, 3.63) is 23.3 Å². The normalized spacial score (nSPS) is 10.1. The average molecular weight is 207 g/mol. The van der Waals surface area contributed by atoms with Crippen molar-refractivity contribution in [3.8, 4) is 11.5 Å². The smallest absolute Gasteiger partial charge is 0.423 e. The van der Waals surface area contributed by atoms with E-state index in [1.165, 1.54) is 23.7 Å². The minimum absolute atomic E-state index is 0.268. The van der Waals surface area contributed by atoms with Gasteiger partial charge in [-0.1, -0.05) is 0 Å². The molecule has 0 atom stereocenters. The molecule has 0 amide bonds. The summed E-state index contributed by atoms with van der Waals surface area (Å²) in [6.45, 7) is 0. The number of aromatic nitrogens is 3. The van der Waals surface area contributed by atoms with Gasteiger partial charge in [-0.2, -0.15) is 0 Å². The van der Waals surface area contributed by atoms with Gasteiger partial charge in [0.05, 0.1) is 5.51 Å². The molecule has 0 fully saturated rings. The second-order valence-corrected chi connectivity index (χ2v) is 3.31. The Labute approximate surface area is 84.3 Å².